The van der Waals surface area contributed by atoms with Crippen LogP contribution < -0.4 is 5.32 Å². The van der Waals surface area contributed by atoms with Gasteiger partial charge < -0.3 is 5.32 Å². The van der Waals surface area contributed by atoms with E-state index in [1.807, 2.05) is 12.4 Å². The number of nitrogens with one attached hydrogen (secondary N) is 1. The predicted octanol–water partition coefficient (Wildman–Crippen LogP) is 3.70. The number of hydrogen-bond donors (Lipinski definition) is 1. The third-order valence-corrected chi connectivity index (χ3v) is 3.45. The first-order valence-corrected chi connectivity index (χ1v) is 6.76. The fourth-order valence-corrected chi connectivity index (χ4v) is 2.51. The van der Waals surface area contributed by atoms with Gasteiger partial charge in [-0.2, -0.15) is 0 Å². The van der Waals surface area contributed by atoms with Gasteiger partial charge in [-0.1, -0.05) is 24.3 Å². The molecule has 0 saturated heterocycles. The van der Waals surface area contributed by atoms with Gasteiger partial charge in [0.25, 0.3) is 0 Å². The molecule has 0 aromatic heterocycles. The van der Waals surface area contributed by atoms with Gasteiger partial charge in [-0.05, 0) is 53.7 Å². The molecule has 0 spiro atoms. The quantitative estimate of drug-likeness (QED) is 0.850. The summed E-state index contributed by atoms with van der Waals surface area (Å²) in [5, 5.41) is 3.26. The van der Waals surface area contributed by atoms with Crippen molar-refractivity contribution in [3.05, 3.63) is 59.4 Å². The van der Waals surface area contributed by atoms with Crippen molar-refractivity contribution < 1.29 is 0 Å². The molecule has 2 aliphatic heterocycles. The Morgan fingerprint density at radius 2 is 2.05 bits per heavy atom. The second-order valence-corrected chi connectivity index (χ2v) is 5.02. The Kier molecular flexibility index (Phi) is 3.32. The minimum Gasteiger partial charge on any atom is -0.387 e. The molecule has 19 heavy (non-hydrogen) atoms. The number of aliphatic imine (C=N–C) groups is 1. The number of dihydropyridines is 1. The van der Waals surface area contributed by atoms with Crippen LogP contribution in [0.5, 0.6) is 0 Å². The van der Waals surface area contributed by atoms with Crippen molar-refractivity contribution in [3.8, 4) is 0 Å². The molecule has 2 heteroatoms. The highest BCUT2D eigenvalue weighted by atomic mass is 14.8. The van der Waals surface area contributed by atoms with Gasteiger partial charge in [0, 0.05) is 25.2 Å². The lowest BCUT2D eigenvalue weighted by Crippen LogP contribution is -2.08. The lowest BCUT2D eigenvalue weighted by molar-refractivity contribution is 0.976. The van der Waals surface area contributed by atoms with Crippen LogP contribution in [0.15, 0.2) is 47.7 Å². The molecular formula is C17H18N2. The van der Waals surface area contributed by atoms with E-state index >= 15 is 0 Å². The third-order valence-electron chi connectivity index (χ3n) is 3.45. The van der Waals surface area contributed by atoms with Crippen LogP contribution >= 0.6 is 0 Å². The van der Waals surface area contributed by atoms with Gasteiger partial charge in [0.2, 0.25) is 0 Å². The highest BCUT2D eigenvalue weighted by Crippen LogP contribution is 2.27. The van der Waals surface area contributed by atoms with Gasteiger partial charge in [0.1, 0.15) is 0 Å². The van der Waals surface area contributed by atoms with Crippen LogP contribution in [0.1, 0.15) is 29.5 Å². The summed E-state index contributed by atoms with van der Waals surface area (Å²) in [6.07, 6.45) is 12.5. The van der Waals surface area contributed by atoms with E-state index in [9.17, 15) is 0 Å². The van der Waals surface area contributed by atoms with E-state index in [0.717, 1.165) is 19.4 Å². The van der Waals surface area contributed by atoms with E-state index in [2.05, 4.69) is 53.8 Å². The van der Waals surface area contributed by atoms with Crippen molar-refractivity contribution in [1.29, 1.82) is 0 Å². The number of hydrogen-bond acceptors (Lipinski definition) is 2. The first kappa shape index (κ1) is 12.0. The summed E-state index contributed by atoms with van der Waals surface area (Å²) in [4.78, 5) is 4.28. The maximum absolute atomic E-state index is 4.28. The molecule has 3 rings (SSSR count). The SMILES string of the molecule is Cc1cc(C2=CNCC=C2)cc(C2=CN=CCC2)c1. The predicted molar refractivity (Wildman–Crippen MR) is 82.0 cm³/mol. The van der Waals surface area contributed by atoms with Gasteiger partial charge in [-0.3, -0.25) is 4.99 Å². The first-order valence-electron chi connectivity index (χ1n) is 6.76. The molecular weight excluding hydrogens is 232 g/mol. The Labute approximate surface area is 114 Å². The molecule has 1 aromatic rings. The summed E-state index contributed by atoms with van der Waals surface area (Å²) < 4.78 is 0. The Bertz CT molecular complexity index is 604. The molecule has 0 saturated carbocycles. The van der Waals surface area contributed by atoms with Crippen molar-refractivity contribution in [2.45, 2.75) is 19.8 Å². The Balaban J connectivity index is 2.00. The van der Waals surface area contributed by atoms with Crippen LogP contribution in [0.4, 0.5) is 0 Å². The van der Waals surface area contributed by atoms with Crippen LogP contribution in [0.3, 0.4) is 0 Å². The molecule has 1 aromatic carbocycles. The number of allylic oxidation sites excluding steroid dienone is 3. The summed E-state index contributed by atoms with van der Waals surface area (Å²) in [6.45, 7) is 3.07. The molecule has 2 heterocycles. The maximum atomic E-state index is 4.28. The number of benzene rings is 1. The molecule has 0 radical (unpaired) electrons. The molecule has 2 aliphatic rings. The zero-order chi connectivity index (χ0) is 13.1. The largest absolute Gasteiger partial charge is 0.387 e. The van der Waals surface area contributed by atoms with E-state index in [0.29, 0.717) is 0 Å². The van der Waals surface area contributed by atoms with Gasteiger partial charge >= 0.3 is 0 Å². The Morgan fingerprint density at radius 1 is 1.16 bits per heavy atom. The average molecular weight is 250 g/mol. The van der Waals surface area contributed by atoms with Crippen molar-refractivity contribution >= 4 is 17.4 Å². The van der Waals surface area contributed by atoms with Gasteiger partial charge in [-0.15, -0.1) is 0 Å². The monoisotopic (exact) mass is 250 g/mol. The summed E-state index contributed by atoms with van der Waals surface area (Å²) >= 11 is 0. The third kappa shape index (κ3) is 2.68. The fourth-order valence-electron chi connectivity index (χ4n) is 2.51. The van der Waals surface area contributed by atoms with Gasteiger partial charge in [0.15, 0.2) is 0 Å². The summed E-state index contributed by atoms with van der Waals surface area (Å²) in [6, 6.07) is 6.75. The van der Waals surface area contributed by atoms with Crippen molar-refractivity contribution in [1.82, 2.24) is 5.32 Å². The number of aryl methyl sites for hydroxylation is 1. The van der Waals surface area contributed by atoms with Crippen LogP contribution in [-0.2, 0) is 0 Å². The van der Waals surface area contributed by atoms with Crippen molar-refractivity contribution in [3.63, 3.8) is 0 Å². The molecule has 96 valence electrons. The summed E-state index contributed by atoms with van der Waals surface area (Å²) in [5.41, 5.74) is 6.44. The second-order valence-electron chi connectivity index (χ2n) is 5.02. The van der Waals surface area contributed by atoms with Gasteiger partial charge in [0.05, 0.1) is 0 Å². The Morgan fingerprint density at radius 3 is 2.79 bits per heavy atom. The molecule has 0 bridgehead atoms. The first-order chi connectivity index (χ1) is 9.33. The molecule has 0 aliphatic carbocycles. The van der Waals surface area contributed by atoms with E-state index in [-0.39, 0.29) is 0 Å². The minimum absolute atomic E-state index is 0.919. The van der Waals surface area contributed by atoms with Crippen LogP contribution in [0.2, 0.25) is 0 Å². The van der Waals surface area contributed by atoms with Crippen molar-refractivity contribution in [2.75, 3.05) is 6.54 Å². The second kappa shape index (κ2) is 5.27. The Hall–Kier alpha value is -2.09. The molecule has 2 nitrogen and oxygen atoms in total. The lowest BCUT2D eigenvalue weighted by Gasteiger charge is -2.14. The fraction of sp³-hybridized carbons (Fsp3) is 0.235. The van der Waals surface area contributed by atoms with E-state index in [1.165, 1.54) is 27.8 Å². The minimum atomic E-state index is 0.919. The molecule has 0 amide bonds. The highest BCUT2D eigenvalue weighted by molar-refractivity contribution is 5.80. The van der Waals surface area contributed by atoms with E-state index in [4.69, 9.17) is 0 Å². The standard InChI is InChI=1S/C17H18N2/c1-13-8-16(14-4-2-6-18-11-14)10-17(9-13)15-5-3-7-19-12-15/h2,4,7-12,18H,3,5-6H2,1H3. The molecule has 0 atom stereocenters. The maximum Gasteiger partial charge on any atom is 0.0328 e. The average Bonchev–Trinajstić information content (AvgIpc) is 2.48. The molecule has 1 N–H and O–H groups in total. The van der Waals surface area contributed by atoms with Gasteiger partial charge in [-0.25, -0.2) is 0 Å². The smallest absolute Gasteiger partial charge is 0.0328 e. The van der Waals surface area contributed by atoms with Crippen molar-refractivity contribution in [2.24, 2.45) is 4.99 Å². The highest BCUT2D eigenvalue weighted by Gasteiger charge is 2.08. The summed E-state index contributed by atoms with van der Waals surface area (Å²) in [7, 11) is 0. The topological polar surface area (TPSA) is 24.4 Å². The number of nitrogens with zero attached hydrogens (tertiary/aromatic N) is 1. The van der Waals surface area contributed by atoms with E-state index < -0.39 is 0 Å². The van der Waals surface area contributed by atoms with Crippen LogP contribution in [0.25, 0.3) is 11.1 Å². The molecule has 0 fully saturated rings. The summed E-state index contributed by atoms with van der Waals surface area (Å²) in [5.74, 6) is 0. The zero-order valence-corrected chi connectivity index (χ0v) is 11.2. The number of rotatable bonds is 2. The molecule has 0 unspecified atom stereocenters. The zero-order valence-electron chi connectivity index (χ0n) is 11.2. The van der Waals surface area contributed by atoms with Crippen LogP contribution in [0, 0.1) is 6.92 Å². The lowest BCUT2D eigenvalue weighted by atomic mass is 9.94. The van der Waals surface area contributed by atoms with Crippen LogP contribution in [-0.4, -0.2) is 12.8 Å². The normalized spacial score (nSPS) is 17.7. The van der Waals surface area contributed by atoms with E-state index in [1.54, 1.807) is 0 Å².